The smallest absolute Gasteiger partial charge is 0.352 e. The van der Waals surface area contributed by atoms with Gasteiger partial charge in [0.15, 0.2) is 0 Å². The van der Waals surface area contributed by atoms with Crippen molar-refractivity contribution in [2.24, 2.45) is 29.4 Å². The van der Waals surface area contributed by atoms with E-state index in [4.69, 9.17) is 10.5 Å². The molecule has 2 amide bonds. The number of alkyl halides is 1. The van der Waals surface area contributed by atoms with Gasteiger partial charge < -0.3 is 30.8 Å². The number of H-pyrrole nitrogens is 1. The lowest BCUT2D eigenvalue weighted by molar-refractivity contribution is -0.142. The number of aromatic nitrogens is 1. The van der Waals surface area contributed by atoms with Crippen molar-refractivity contribution in [2.45, 2.75) is 76.0 Å². The predicted molar refractivity (Wildman–Crippen MR) is 150 cm³/mol. The normalized spacial score (nSPS) is 29.8. The number of halogens is 1. The number of amides is 2. The van der Waals surface area contributed by atoms with Gasteiger partial charge in [0.1, 0.15) is 18.4 Å². The molecule has 5 N–H and O–H groups in total. The van der Waals surface area contributed by atoms with Crippen LogP contribution in [0.5, 0.6) is 0 Å². The first-order valence-corrected chi connectivity index (χ1v) is 14.6. The van der Waals surface area contributed by atoms with Crippen LogP contribution >= 0.6 is 0 Å². The van der Waals surface area contributed by atoms with Crippen LogP contribution in [0, 0.1) is 23.7 Å². The zero-order valence-electron chi connectivity index (χ0n) is 23.1. The van der Waals surface area contributed by atoms with E-state index in [0.29, 0.717) is 41.9 Å². The molecule has 40 heavy (non-hydrogen) atoms. The predicted octanol–water partition coefficient (Wildman–Crippen LogP) is 4.33. The van der Waals surface area contributed by atoms with Crippen LogP contribution in [0.2, 0.25) is 0 Å². The van der Waals surface area contributed by atoms with Crippen molar-refractivity contribution in [1.82, 2.24) is 9.88 Å². The molecule has 1 aliphatic heterocycles. The summed E-state index contributed by atoms with van der Waals surface area (Å²) in [5, 5.41) is 13.0. The lowest BCUT2D eigenvalue weighted by Crippen LogP contribution is -2.50. The summed E-state index contributed by atoms with van der Waals surface area (Å²) in [6.07, 6.45) is 7.66. The number of carboxylic acids is 1. The van der Waals surface area contributed by atoms with Crippen LogP contribution in [0.1, 0.15) is 68.3 Å². The van der Waals surface area contributed by atoms with Crippen molar-refractivity contribution in [3.05, 3.63) is 30.0 Å². The van der Waals surface area contributed by atoms with E-state index in [0.717, 1.165) is 44.9 Å². The fraction of sp³-hybridized carbons (Fsp3) is 0.633. The molecule has 1 saturated heterocycles. The number of rotatable bonds is 8. The van der Waals surface area contributed by atoms with Crippen molar-refractivity contribution in [2.75, 3.05) is 25.6 Å². The average molecular weight is 557 g/mol. The molecular formula is C30H41FN4O5. The van der Waals surface area contributed by atoms with Crippen molar-refractivity contribution >= 4 is 34.4 Å². The summed E-state index contributed by atoms with van der Waals surface area (Å²) in [5.41, 5.74) is 7.25. The number of carbonyl (C=O) groups is 3. The molecule has 0 bridgehead atoms. The molecule has 9 nitrogen and oxygen atoms in total. The van der Waals surface area contributed by atoms with Gasteiger partial charge in [0.25, 0.3) is 0 Å². The first-order valence-electron chi connectivity index (χ1n) is 14.6. The second kappa shape index (κ2) is 12.3. The molecule has 2 aromatic rings. The number of hydrogen-bond donors (Lipinski definition) is 4. The molecule has 3 fully saturated rings. The number of carbonyl (C=O) groups excluding carboxylic acids is 2. The summed E-state index contributed by atoms with van der Waals surface area (Å²) in [4.78, 5) is 43.8. The number of aromatic amines is 1. The maximum Gasteiger partial charge on any atom is 0.352 e. The fourth-order valence-corrected chi connectivity index (χ4v) is 7.34. The van der Waals surface area contributed by atoms with Crippen LogP contribution < -0.4 is 11.1 Å². The molecule has 3 aliphatic rings. The summed E-state index contributed by atoms with van der Waals surface area (Å²) >= 11 is 0. The minimum atomic E-state index is -1.05. The number of anilines is 1. The molecule has 5 rings (SSSR count). The lowest BCUT2D eigenvalue weighted by atomic mass is 9.75. The molecule has 2 saturated carbocycles. The van der Waals surface area contributed by atoms with Crippen LogP contribution in [-0.4, -0.2) is 71.3 Å². The van der Waals surface area contributed by atoms with Gasteiger partial charge in [-0.25, -0.2) is 9.18 Å². The van der Waals surface area contributed by atoms with Crippen molar-refractivity contribution in [3.63, 3.8) is 0 Å². The number of fused-ring (bicyclic) bond motifs is 1. The van der Waals surface area contributed by atoms with Gasteiger partial charge in [-0.3, -0.25) is 9.59 Å². The molecule has 0 radical (unpaired) electrons. The number of hydrogen-bond acceptors (Lipinski definition) is 5. The Bertz CT molecular complexity index is 1220. The molecule has 3 atom stereocenters. The molecule has 10 heteroatoms. The molecule has 0 spiro atoms. The number of ether oxygens (including phenoxy) is 1. The Hall–Kier alpha value is -2.98. The van der Waals surface area contributed by atoms with E-state index >= 15 is 0 Å². The Morgan fingerprint density at radius 2 is 1.82 bits per heavy atom. The maximum atomic E-state index is 13.9. The molecule has 1 aromatic carbocycles. The van der Waals surface area contributed by atoms with Gasteiger partial charge in [-0.05, 0) is 99.8 Å². The maximum absolute atomic E-state index is 13.9. The lowest BCUT2D eigenvalue weighted by Gasteiger charge is -2.37. The summed E-state index contributed by atoms with van der Waals surface area (Å²) in [6, 6.07) is 5.75. The Morgan fingerprint density at radius 3 is 2.48 bits per heavy atom. The van der Waals surface area contributed by atoms with E-state index in [1.807, 2.05) is 0 Å². The number of nitrogens with two attached hydrogens (primary N) is 1. The number of aromatic carboxylic acids is 1. The third-order valence-corrected chi connectivity index (χ3v) is 9.68. The van der Waals surface area contributed by atoms with Gasteiger partial charge in [-0.1, -0.05) is 0 Å². The summed E-state index contributed by atoms with van der Waals surface area (Å²) in [7, 11) is 1.74. The molecular weight excluding hydrogens is 515 g/mol. The molecule has 1 aromatic heterocycles. The summed E-state index contributed by atoms with van der Waals surface area (Å²) < 4.78 is 18.7. The topological polar surface area (TPSA) is 138 Å². The molecule has 2 heterocycles. The first kappa shape index (κ1) is 28.5. The molecule has 0 unspecified atom stereocenters. The van der Waals surface area contributed by atoms with Crippen LogP contribution in [0.15, 0.2) is 24.3 Å². The Kier molecular flexibility index (Phi) is 8.75. The number of methoxy groups -OCH3 is 1. The minimum absolute atomic E-state index is 0.0210. The van der Waals surface area contributed by atoms with Crippen LogP contribution in [0.4, 0.5) is 10.1 Å². The second-order valence-corrected chi connectivity index (χ2v) is 11.9. The zero-order valence-corrected chi connectivity index (χ0v) is 23.1. The number of nitrogens with zero attached hydrogens (tertiary/aromatic N) is 1. The van der Waals surface area contributed by atoms with Crippen LogP contribution in [0.3, 0.4) is 0 Å². The number of likely N-dealkylation sites (tertiary alicyclic amines) is 1. The van der Waals surface area contributed by atoms with Gasteiger partial charge in [0.05, 0.1) is 6.10 Å². The number of benzene rings is 1. The monoisotopic (exact) mass is 556 g/mol. The standard InChI is InChI=1S/C30H41FN4O5/c1-40-22-9-6-17(7-10-22)23-12-13-35(29(37)19-4-2-18(3-5-19)24(32)16-31)27(23)28(36)33-21-8-11-25-20(14-21)15-26(34-25)30(38)39/h8,11,14-15,17-19,22-24,27,34H,2-7,9-10,12-13,16,32H2,1H3,(H,33,36)(H,38,39)/t17-,18-,19-,22-,23-,24+,27-/m0/s1. The fourth-order valence-electron chi connectivity index (χ4n) is 7.34. The van der Waals surface area contributed by atoms with E-state index in [1.54, 1.807) is 36.3 Å². The number of nitrogens with one attached hydrogen (secondary N) is 2. The molecule has 2 aliphatic carbocycles. The quantitative estimate of drug-likeness (QED) is 0.382. The van der Waals surface area contributed by atoms with Gasteiger partial charge in [0, 0.05) is 42.2 Å². The summed E-state index contributed by atoms with van der Waals surface area (Å²) in [6.45, 7) is 0.00530. The number of carboxylic acid groups (broad SMARTS) is 1. The highest BCUT2D eigenvalue weighted by Crippen LogP contribution is 2.42. The van der Waals surface area contributed by atoms with Gasteiger partial charge in [0.2, 0.25) is 11.8 Å². The largest absolute Gasteiger partial charge is 0.477 e. The van der Waals surface area contributed by atoms with Gasteiger partial charge in [-0.15, -0.1) is 0 Å². The summed E-state index contributed by atoms with van der Waals surface area (Å²) in [5.74, 6) is -0.906. The van der Waals surface area contributed by atoms with E-state index in [-0.39, 0.29) is 41.4 Å². The first-order chi connectivity index (χ1) is 19.3. The third-order valence-electron chi connectivity index (χ3n) is 9.68. The van der Waals surface area contributed by atoms with Gasteiger partial charge >= 0.3 is 5.97 Å². The highest BCUT2D eigenvalue weighted by molar-refractivity contribution is 6.00. The zero-order chi connectivity index (χ0) is 28.4. The van der Waals surface area contributed by atoms with E-state index < -0.39 is 24.7 Å². The van der Waals surface area contributed by atoms with Crippen molar-refractivity contribution in [1.29, 1.82) is 0 Å². The SMILES string of the molecule is CO[C@H]1CC[C@H]([C@@H]2CCN(C(=O)[C@H]3CC[C@H]([C@H](N)CF)CC3)[C@@H]2C(=O)Nc2ccc3[nH]c(C(=O)O)cc3c2)CC1. The van der Waals surface area contributed by atoms with Gasteiger partial charge in [-0.2, -0.15) is 0 Å². The van der Waals surface area contributed by atoms with E-state index in [2.05, 4.69) is 10.3 Å². The highest BCUT2D eigenvalue weighted by atomic mass is 19.1. The van der Waals surface area contributed by atoms with E-state index in [9.17, 15) is 23.9 Å². The van der Waals surface area contributed by atoms with E-state index in [1.165, 1.54) is 0 Å². The highest BCUT2D eigenvalue weighted by Gasteiger charge is 2.47. The second-order valence-electron chi connectivity index (χ2n) is 11.9. The Balaban J connectivity index is 1.34. The van der Waals surface area contributed by atoms with Crippen LogP contribution in [-0.2, 0) is 14.3 Å². The molecule has 218 valence electrons. The average Bonchev–Trinajstić information content (AvgIpc) is 3.61. The third kappa shape index (κ3) is 5.88. The Labute approximate surface area is 234 Å². The van der Waals surface area contributed by atoms with Crippen LogP contribution in [0.25, 0.3) is 10.9 Å². The minimum Gasteiger partial charge on any atom is -0.477 e. The Morgan fingerprint density at radius 1 is 1.10 bits per heavy atom. The van der Waals surface area contributed by atoms with Crippen molar-refractivity contribution < 1.29 is 28.6 Å². The van der Waals surface area contributed by atoms with Crippen molar-refractivity contribution in [3.8, 4) is 0 Å².